The smallest absolute Gasteiger partial charge is 0.345 e. The summed E-state index contributed by atoms with van der Waals surface area (Å²) in [7, 11) is 0. The maximum absolute atomic E-state index is 14.4. The van der Waals surface area contributed by atoms with Crippen molar-refractivity contribution in [2.75, 3.05) is 11.4 Å². The third kappa shape index (κ3) is 2.30. The molecule has 4 heterocycles. The first-order valence-corrected chi connectivity index (χ1v) is 11.2. The SMILES string of the molecule is C#CCN1C(=O)C2(c3ccccc31)c1c(c3ccccc3oc1=O)Oc1c2c(=O)oc2ccccc12. The maximum Gasteiger partial charge on any atom is 0.345 e. The van der Waals surface area contributed by atoms with Crippen molar-refractivity contribution in [3.05, 3.63) is 110 Å². The molecule has 0 bridgehead atoms. The highest BCUT2D eigenvalue weighted by Gasteiger charge is 2.61. The Hall–Kier alpha value is -5.09. The van der Waals surface area contributed by atoms with E-state index in [9.17, 15) is 14.4 Å². The molecule has 7 heteroatoms. The van der Waals surface area contributed by atoms with E-state index < -0.39 is 22.6 Å². The molecule has 0 N–H and O–H groups in total. The van der Waals surface area contributed by atoms with Gasteiger partial charge in [-0.25, -0.2) is 9.59 Å². The van der Waals surface area contributed by atoms with Crippen LogP contribution in [0.2, 0.25) is 0 Å². The summed E-state index contributed by atoms with van der Waals surface area (Å²) in [5, 5.41) is 0.991. The third-order valence-electron chi connectivity index (χ3n) is 6.90. The van der Waals surface area contributed by atoms with Crippen LogP contribution in [0, 0.1) is 12.3 Å². The van der Waals surface area contributed by atoms with E-state index in [1.165, 1.54) is 4.90 Å². The highest BCUT2D eigenvalue weighted by atomic mass is 16.5. The Labute approximate surface area is 203 Å². The van der Waals surface area contributed by atoms with Gasteiger partial charge >= 0.3 is 11.3 Å². The first-order chi connectivity index (χ1) is 17.6. The normalized spacial score (nSPS) is 14.9. The summed E-state index contributed by atoms with van der Waals surface area (Å²) in [4.78, 5) is 43.2. The molecule has 0 saturated heterocycles. The van der Waals surface area contributed by atoms with Gasteiger partial charge in [0.05, 0.1) is 17.3 Å². The molecule has 0 unspecified atom stereocenters. The molecular formula is C29H15NO6. The fraction of sp³-hybridized carbons (Fsp3) is 0.0690. The van der Waals surface area contributed by atoms with E-state index in [4.69, 9.17) is 20.0 Å². The van der Waals surface area contributed by atoms with Gasteiger partial charge in [-0.2, -0.15) is 0 Å². The monoisotopic (exact) mass is 473 g/mol. The van der Waals surface area contributed by atoms with Crippen molar-refractivity contribution in [1.82, 2.24) is 0 Å². The van der Waals surface area contributed by atoms with Crippen LogP contribution < -0.4 is 20.9 Å². The van der Waals surface area contributed by atoms with Gasteiger partial charge in [0.15, 0.2) is 11.5 Å². The summed E-state index contributed by atoms with van der Waals surface area (Å²) in [6.07, 6.45) is 5.61. The van der Waals surface area contributed by atoms with E-state index in [0.29, 0.717) is 33.2 Å². The maximum atomic E-state index is 14.4. The molecule has 36 heavy (non-hydrogen) atoms. The molecule has 0 saturated carbocycles. The van der Waals surface area contributed by atoms with Gasteiger partial charge in [0, 0.05) is 11.3 Å². The number of rotatable bonds is 1. The zero-order valence-corrected chi connectivity index (χ0v) is 18.6. The van der Waals surface area contributed by atoms with Gasteiger partial charge < -0.3 is 13.6 Å². The fourth-order valence-electron chi connectivity index (χ4n) is 5.51. The summed E-state index contributed by atoms with van der Waals surface area (Å²) in [5.41, 5.74) is -2.06. The van der Waals surface area contributed by atoms with E-state index in [2.05, 4.69) is 5.92 Å². The van der Waals surface area contributed by atoms with Crippen LogP contribution in [-0.4, -0.2) is 12.5 Å². The molecular weight excluding hydrogens is 458 g/mol. The predicted octanol–water partition coefficient (Wildman–Crippen LogP) is 4.32. The van der Waals surface area contributed by atoms with Crippen molar-refractivity contribution in [1.29, 1.82) is 0 Å². The van der Waals surface area contributed by atoms with Crippen molar-refractivity contribution in [3.63, 3.8) is 0 Å². The molecule has 3 aromatic carbocycles. The van der Waals surface area contributed by atoms with Gasteiger partial charge in [-0.05, 0) is 30.3 Å². The number of fused-ring (bicyclic) bond motifs is 10. The molecule has 1 amide bonds. The first kappa shape index (κ1) is 20.3. The van der Waals surface area contributed by atoms with Crippen molar-refractivity contribution >= 4 is 33.5 Å². The molecule has 1 spiro atoms. The van der Waals surface area contributed by atoms with E-state index >= 15 is 0 Å². The summed E-state index contributed by atoms with van der Waals surface area (Å²) in [6, 6.07) is 20.8. The van der Waals surface area contributed by atoms with Crippen LogP contribution in [0.3, 0.4) is 0 Å². The Morgan fingerprint density at radius 3 is 1.86 bits per heavy atom. The van der Waals surface area contributed by atoms with Gasteiger partial charge in [-0.3, -0.25) is 9.69 Å². The van der Waals surface area contributed by atoms with Gasteiger partial charge in [0.25, 0.3) is 0 Å². The zero-order valence-electron chi connectivity index (χ0n) is 18.6. The Bertz CT molecular complexity index is 1840. The quantitative estimate of drug-likeness (QED) is 0.266. The highest BCUT2D eigenvalue weighted by molar-refractivity contribution is 6.15. The van der Waals surface area contributed by atoms with Crippen LogP contribution in [0.1, 0.15) is 16.7 Å². The second-order valence-corrected chi connectivity index (χ2v) is 8.64. The van der Waals surface area contributed by atoms with Gasteiger partial charge in [0.2, 0.25) is 5.91 Å². The number of para-hydroxylation sites is 3. The van der Waals surface area contributed by atoms with Crippen LogP contribution in [0.25, 0.3) is 21.9 Å². The lowest BCUT2D eigenvalue weighted by molar-refractivity contribution is -0.120. The lowest BCUT2D eigenvalue weighted by Crippen LogP contribution is -2.49. The minimum Gasteiger partial charge on any atom is -0.455 e. The molecule has 0 radical (unpaired) electrons. The van der Waals surface area contributed by atoms with Crippen molar-refractivity contribution in [2.45, 2.75) is 5.41 Å². The zero-order chi connectivity index (χ0) is 24.6. The minimum atomic E-state index is -1.87. The van der Waals surface area contributed by atoms with Crippen LogP contribution in [-0.2, 0) is 10.2 Å². The number of ether oxygens (including phenoxy) is 1. The largest absolute Gasteiger partial charge is 0.455 e. The standard InChI is InChI=1S/C29H15NO6/c1-2-15-30-19-12-6-5-11-18(19)29(28(30)33)22-24(16-9-3-7-13-20(16)34-26(22)31)36-25-17-10-4-8-14-21(17)35-27(32)23(25)29/h1,3-14H,15H2. The summed E-state index contributed by atoms with van der Waals surface area (Å²) in [5.74, 6) is 2.29. The number of hydrogen-bond donors (Lipinski definition) is 0. The van der Waals surface area contributed by atoms with E-state index in [-0.39, 0.29) is 29.2 Å². The van der Waals surface area contributed by atoms with Crippen molar-refractivity contribution < 1.29 is 18.4 Å². The van der Waals surface area contributed by atoms with Crippen LogP contribution in [0.15, 0.2) is 91.2 Å². The number of carbonyl (C=O) groups is 1. The molecule has 2 aliphatic rings. The molecule has 0 aliphatic carbocycles. The summed E-state index contributed by atoms with van der Waals surface area (Å²) >= 11 is 0. The van der Waals surface area contributed by atoms with E-state index in [1.54, 1.807) is 72.8 Å². The molecule has 7 nitrogen and oxygen atoms in total. The van der Waals surface area contributed by atoms with Crippen molar-refractivity contribution in [3.8, 4) is 23.8 Å². The summed E-state index contributed by atoms with van der Waals surface area (Å²) in [6.45, 7) is -0.0546. The fourth-order valence-corrected chi connectivity index (χ4v) is 5.51. The van der Waals surface area contributed by atoms with Gasteiger partial charge in [-0.1, -0.05) is 48.4 Å². The average Bonchev–Trinajstić information content (AvgIpc) is 3.12. The topological polar surface area (TPSA) is 90.0 Å². The number of hydrogen-bond acceptors (Lipinski definition) is 6. The molecule has 7 rings (SSSR count). The van der Waals surface area contributed by atoms with Crippen molar-refractivity contribution in [2.24, 2.45) is 0 Å². The Kier molecular flexibility index (Phi) is 3.93. The number of amides is 1. The van der Waals surface area contributed by atoms with Gasteiger partial charge in [0.1, 0.15) is 27.7 Å². The number of terminal acetylenes is 1. The number of anilines is 1. The van der Waals surface area contributed by atoms with E-state index in [1.807, 2.05) is 0 Å². The molecule has 2 aliphatic heterocycles. The molecule has 5 aromatic rings. The summed E-state index contributed by atoms with van der Waals surface area (Å²) < 4.78 is 17.7. The first-order valence-electron chi connectivity index (χ1n) is 11.2. The van der Waals surface area contributed by atoms with Gasteiger partial charge in [-0.15, -0.1) is 6.42 Å². The van der Waals surface area contributed by atoms with Crippen LogP contribution >= 0.6 is 0 Å². The van der Waals surface area contributed by atoms with Crippen LogP contribution in [0.4, 0.5) is 5.69 Å². The number of carbonyl (C=O) groups excluding carboxylic acids is 1. The minimum absolute atomic E-state index is 0.0546. The Morgan fingerprint density at radius 2 is 1.28 bits per heavy atom. The molecule has 0 fully saturated rings. The molecule has 2 aromatic heterocycles. The highest BCUT2D eigenvalue weighted by Crippen LogP contribution is 2.58. The third-order valence-corrected chi connectivity index (χ3v) is 6.90. The van der Waals surface area contributed by atoms with E-state index in [0.717, 1.165) is 0 Å². The lowest BCUT2D eigenvalue weighted by Gasteiger charge is -2.34. The predicted molar refractivity (Wildman–Crippen MR) is 133 cm³/mol. The average molecular weight is 473 g/mol. The van der Waals surface area contributed by atoms with Crippen LogP contribution in [0.5, 0.6) is 11.5 Å². The second-order valence-electron chi connectivity index (χ2n) is 8.64. The Balaban J connectivity index is 1.76. The molecule has 172 valence electrons. The number of nitrogens with zero attached hydrogens (tertiary/aromatic N) is 1. The second kappa shape index (κ2) is 6.96. The molecule has 0 atom stereocenters. The number of benzene rings is 3. The lowest BCUT2D eigenvalue weighted by atomic mass is 9.69. The Morgan fingerprint density at radius 1 is 0.750 bits per heavy atom.